The molecular formula is C13H20S4. The van der Waals surface area contributed by atoms with Crippen molar-refractivity contribution in [1.29, 1.82) is 0 Å². The van der Waals surface area contributed by atoms with E-state index in [4.69, 9.17) is 0 Å². The summed E-state index contributed by atoms with van der Waals surface area (Å²) in [6, 6.07) is 0. The minimum atomic E-state index is 0.417. The summed E-state index contributed by atoms with van der Waals surface area (Å²) in [4.78, 5) is 0. The molecule has 1 spiro atoms. The smallest absolute Gasteiger partial charge is 0.0795 e. The van der Waals surface area contributed by atoms with Gasteiger partial charge in [0.1, 0.15) is 0 Å². The molecule has 2 saturated heterocycles. The standard InChI is InChI=1S/C13H20S4/c1-10-9-13(16-7-8-17-13)4-3-12(10,2)11-14-5-6-15-11/h3-4,10-11H,5-9H2,1-2H3/t10-,12-/m1/s1. The van der Waals surface area contributed by atoms with E-state index in [2.05, 4.69) is 73.0 Å². The molecule has 0 aromatic heterocycles. The van der Waals surface area contributed by atoms with E-state index < -0.39 is 0 Å². The molecule has 0 radical (unpaired) electrons. The Morgan fingerprint density at radius 1 is 1.00 bits per heavy atom. The Kier molecular flexibility index (Phi) is 3.80. The fourth-order valence-corrected chi connectivity index (χ4v) is 9.65. The van der Waals surface area contributed by atoms with Gasteiger partial charge in [-0.3, -0.25) is 0 Å². The van der Waals surface area contributed by atoms with Crippen LogP contribution in [0.25, 0.3) is 0 Å². The van der Waals surface area contributed by atoms with Crippen molar-refractivity contribution in [2.45, 2.75) is 28.9 Å². The van der Waals surface area contributed by atoms with E-state index in [1.54, 1.807) is 0 Å². The first-order valence-corrected chi connectivity index (χ1v) is 10.4. The summed E-state index contributed by atoms with van der Waals surface area (Å²) in [5, 5.41) is 0. The van der Waals surface area contributed by atoms with Crippen LogP contribution in [0.5, 0.6) is 0 Å². The largest absolute Gasteiger partial charge is 0.146 e. The van der Waals surface area contributed by atoms with Crippen LogP contribution in [0.3, 0.4) is 0 Å². The molecule has 0 amide bonds. The number of rotatable bonds is 1. The molecule has 0 unspecified atom stereocenters. The first-order valence-electron chi connectivity index (χ1n) is 6.36. The van der Waals surface area contributed by atoms with Crippen LogP contribution in [-0.4, -0.2) is 31.7 Å². The Morgan fingerprint density at radius 3 is 2.24 bits per heavy atom. The molecule has 2 heterocycles. The summed E-state index contributed by atoms with van der Waals surface area (Å²) in [6.07, 6.45) is 6.49. The van der Waals surface area contributed by atoms with E-state index in [0.717, 1.165) is 10.5 Å². The van der Waals surface area contributed by atoms with Crippen molar-refractivity contribution < 1.29 is 0 Å². The number of allylic oxidation sites excluding steroid dienone is 1. The lowest BCUT2D eigenvalue weighted by molar-refractivity contribution is 0.271. The van der Waals surface area contributed by atoms with Crippen LogP contribution in [0.1, 0.15) is 20.3 Å². The van der Waals surface area contributed by atoms with Crippen LogP contribution in [0.15, 0.2) is 12.2 Å². The molecule has 2 aliphatic heterocycles. The van der Waals surface area contributed by atoms with E-state index in [0.29, 0.717) is 9.49 Å². The lowest BCUT2D eigenvalue weighted by Gasteiger charge is -2.45. The van der Waals surface area contributed by atoms with Crippen LogP contribution in [0, 0.1) is 11.3 Å². The van der Waals surface area contributed by atoms with Gasteiger partial charge in [0.05, 0.1) is 8.66 Å². The average Bonchev–Trinajstić information content (AvgIpc) is 2.96. The highest BCUT2D eigenvalue weighted by atomic mass is 32.2. The Labute approximate surface area is 122 Å². The van der Waals surface area contributed by atoms with Crippen molar-refractivity contribution in [1.82, 2.24) is 0 Å². The van der Waals surface area contributed by atoms with Gasteiger partial charge < -0.3 is 0 Å². The van der Waals surface area contributed by atoms with Crippen LogP contribution < -0.4 is 0 Å². The van der Waals surface area contributed by atoms with Crippen molar-refractivity contribution in [3.05, 3.63) is 12.2 Å². The lowest BCUT2D eigenvalue weighted by atomic mass is 9.73. The summed E-state index contributed by atoms with van der Waals surface area (Å²) in [7, 11) is 0. The Hall–Kier alpha value is 1.14. The molecule has 0 bridgehead atoms. The van der Waals surface area contributed by atoms with Gasteiger partial charge in [-0.1, -0.05) is 26.0 Å². The number of thioether (sulfide) groups is 4. The van der Waals surface area contributed by atoms with Gasteiger partial charge in [-0.2, -0.15) is 0 Å². The summed E-state index contributed by atoms with van der Waals surface area (Å²) in [5.41, 5.74) is 0.417. The van der Waals surface area contributed by atoms with Gasteiger partial charge in [-0.25, -0.2) is 0 Å². The number of hydrogen-bond acceptors (Lipinski definition) is 4. The molecular weight excluding hydrogens is 284 g/mol. The molecule has 3 rings (SSSR count). The van der Waals surface area contributed by atoms with Gasteiger partial charge in [0, 0.05) is 28.4 Å². The van der Waals surface area contributed by atoms with Crippen molar-refractivity contribution >= 4 is 47.0 Å². The molecule has 0 N–H and O–H groups in total. The SMILES string of the molecule is C[C@@H]1CC2(C=C[C@@]1(C)C1SCCS1)SCCS2. The molecule has 4 heteroatoms. The Balaban J connectivity index is 1.83. The molecule has 96 valence electrons. The van der Waals surface area contributed by atoms with Crippen LogP contribution in [0.2, 0.25) is 0 Å². The molecule has 0 saturated carbocycles. The van der Waals surface area contributed by atoms with Crippen molar-refractivity contribution in [3.8, 4) is 0 Å². The molecule has 1 aliphatic carbocycles. The molecule has 2 atom stereocenters. The zero-order valence-electron chi connectivity index (χ0n) is 10.5. The normalized spacial score (nSPS) is 41.4. The summed E-state index contributed by atoms with van der Waals surface area (Å²) in [5.74, 6) is 6.19. The molecule has 17 heavy (non-hydrogen) atoms. The third kappa shape index (κ3) is 2.32. The highest BCUT2D eigenvalue weighted by Crippen LogP contribution is 2.59. The van der Waals surface area contributed by atoms with Gasteiger partial charge in [-0.05, 0) is 12.3 Å². The Bertz CT molecular complexity index is 315. The predicted molar refractivity (Wildman–Crippen MR) is 87.4 cm³/mol. The maximum Gasteiger partial charge on any atom is 0.0795 e. The highest BCUT2D eigenvalue weighted by Gasteiger charge is 2.47. The first kappa shape index (κ1) is 13.1. The van der Waals surface area contributed by atoms with Crippen molar-refractivity contribution in [2.75, 3.05) is 23.0 Å². The summed E-state index contributed by atoms with van der Waals surface area (Å²) < 4.78 is 1.23. The fourth-order valence-electron chi connectivity index (χ4n) is 2.90. The number of hydrogen-bond donors (Lipinski definition) is 0. The third-order valence-electron chi connectivity index (χ3n) is 4.25. The van der Waals surface area contributed by atoms with Crippen LogP contribution >= 0.6 is 47.0 Å². The monoisotopic (exact) mass is 304 g/mol. The van der Waals surface area contributed by atoms with Crippen LogP contribution in [-0.2, 0) is 0 Å². The third-order valence-corrected chi connectivity index (χ3v) is 11.2. The van der Waals surface area contributed by atoms with E-state index in [-0.39, 0.29) is 0 Å². The molecule has 2 fully saturated rings. The first-order chi connectivity index (χ1) is 8.15. The van der Waals surface area contributed by atoms with Crippen molar-refractivity contribution in [2.24, 2.45) is 11.3 Å². The van der Waals surface area contributed by atoms with Gasteiger partial charge in [0.25, 0.3) is 0 Å². The maximum atomic E-state index is 2.57. The lowest BCUT2D eigenvalue weighted by Crippen LogP contribution is -2.39. The van der Waals surface area contributed by atoms with E-state index in [1.165, 1.54) is 29.4 Å². The summed E-state index contributed by atoms with van der Waals surface area (Å²) in [6.45, 7) is 4.96. The van der Waals surface area contributed by atoms with Gasteiger partial charge in [-0.15, -0.1) is 47.0 Å². The van der Waals surface area contributed by atoms with E-state index in [9.17, 15) is 0 Å². The van der Waals surface area contributed by atoms with Gasteiger partial charge in [0.15, 0.2) is 0 Å². The minimum absolute atomic E-state index is 0.417. The second-order valence-corrected chi connectivity index (χ2v) is 11.2. The van der Waals surface area contributed by atoms with Gasteiger partial charge >= 0.3 is 0 Å². The average molecular weight is 305 g/mol. The molecule has 0 aromatic carbocycles. The quantitative estimate of drug-likeness (QED) is 0.650. The van der Waals surface area contributed by atoms with Gasteiger partial charge in [0.2, 0.25) is 0 Å². The second-order valence-electron chi connectivity index (χ2n) is 5.39. The predicted octanol–water partition coefficient (Wildman–Crippen LogP) is 4.57. The van der Waals surface area contributed by atoms with Crippen LogP contribution in [0.4, 0.5) is 0 Å². The summed E-state index contributed by atoms with van der Waals surface area (Å²) >= 11 is 8.71. The topological polar surface area (TPSA) is 0 Å². The second kappa shape index (κ2) is 4.92. The minimum Gasteiger partial charge on any atom is -0.146 e. The zero-order valence-corrected chi connectivity index (χ0v) is 13.7. The van der Waals surface area contributed by atoms with Crippen molar-refractivity contribution in [3.63, 3.8) is 0 Å². The maximum absolute atomic E-state index is 2.57. The van der Waals surface area contributed by atoms with E-state index in [1.807, 2.05) is 0 Å². The molecule has 3 aliphatic rings. The molecule has 0 nitrogen and oxygen atoms in total. The highest BCUT2D eigenvalue weighted by molar-refractivity contribution is 8.21. The fraction of sp³-hybridized carbons (Fsp3) is 0.846. The molecule has 0 aromatic rings. The zero-order chi connectivity index (χ0) is 11.9. The van der Waals surface area contributed by atoms with E-state index >= 15 is 0 Å². The Morgan fingerprint density at radius 2 is 1.65 bits per heavy atom.